The molecule has 266 valence electrons. The second-order valence-electron chi connectivity index (χ2n) is 16.4. The summed E-state index contributed by atoms with van der Waals surface area (Å²) in [6.45, 7) is 4.77. The largest absolute Gasteiger partial charge is 0.309 e. The van der Waals surface area contributed by atoms with Gasteiger partial charge >= 0.3 is 0 Å². The maximum Gasteiger partial charge on any atom is 0.0618 e. The van der Waals surface area contributed by atoms with E-state index in [0.29, 0.717) is 5.92 Å². The van der Waals surface area contributed by atoms with Gasteiger partial charge < -0.3 is 4.90 Å². The zero-order chi connectivity index (χ0) is 36.7. The smallest absolute Gasteiger partial charge is 0.0618 e. The SMILES string of the molecule is CC1(C)c2ccccc2-c2ccc(N(c3ccc4cc(C5CCCCC5)ccc4c3)c3c(-c4ccc5c(c4)sc4ccccc45)ccc4ccccc34)cc21. The van der Waals surface area contributed by atoms with Crippen molar-refractivity contribution in [1.29, 1.82) is 0 Å². The summed E-state index contributed by atoms with van der Waals surface area (Å²) < 4.78 is 2.65. The van der Waals surface area contributed by atoms with Crippen LogP contribution >= 0.6 is 11.3 Å². The summed E-state index contributed by atoms with van der Waals surface area (Å²) in [5.74, 6) is 0.685. The molecule has 1 aromatic heterocycles. The standard InChI is InChI=1S/C53H43NS/c1-53(2)48-18-10-8-16-44(48)45-29-26-41(33-49(45)53)54(40-25-22-37-30-36(20-21-38(37)31-40)34-12-4-3-5-13-34)52-42-15-7-6-14-35(42)23-27-43(52)39-24-28-47-46-17-9-11-19-50(46)55-51(47)32-39/h6-11,14-34H,3-5,12-13H2,1-2H3. The monoisotopic (exact) mass is 725 g/mol. The van der Waals surface area contributed by atoms with E-state index in [2.05, 4.69) is 176 Å². The minimum atomic E-state index is -0.111. The minimum Gasteiger partial charge on any atom is -0.309 e. The number of hydrogen-bond acceptors (Lipinski definition) is 2. The van der Waals surface area contributed by atoms with E-state index in [9.17, 15) is 0 Å². The van der Waals surface area contributed by atoms with Gasteiger partial charge in [-0.2, -0.15) is 0 Å². The topological polar surface area (TPSA) is 3.24 Å². The first kappa shape index (κ1) is 32.7. The molecule has 0 saturated heterocycles. The summed E-state index contributed by atoms with van der Waals surface area (Å²) in [6.07, 6.45) is 6.70. The van der Waals surface area contributed by atoms with Crippen molar-refractivity contribution in [3.63, 3.8) is 0 Å². The number of hydrogen-bond donors (Lipinski definition) is 0. The highest BCUT2D eigenvalue weighted by atomic mass is 32.1. The highest BCUT2D eigenvalue weighted by Crippen LogP contribution is 2.52. The highest BCUT2D eigenvalue weighted by Gasteiger charge is 2.36. The van der Waals surface area contributed by atoms with E-state index >= 15 is 0 Å². The molecule has 1 saturated carbocycles. The zero-order valence-electron chi connectivity index (χ0n) is 31.5. The molecule has 8 aromatic carbocycles. The molecule has 0 bridgehead atoms. The van der Waals surface area contributed by atoms with Crippen LogP contribution in [0.4, 0.5) is 17.1 Å². The van der Waals surface area contributed by atoms with Gasteiger partial charge in [-0.25, -0.2) is 0 Å². The van der Waals surface area contributed by atoms with E-state index in [0.717, 1.165) is 0 Å². The molecule has 2 aliphatic carbocycles. The molecule has 55 heavy (non-hydrogen) atoms. The van der Waals surface area contributed by atoms with Gasteiger partial charge in [-0.05, 0) is 105 Å². The Morgan fingerprint density at radius 3 is 2.07 bits per heavy atom. The van der Waals surface area contributed by atoms with Crippen LogP contribution in [0.3, 0.4) is 0 Å². The predicted molar refractivity (Wildman–Crippen MR) is 238 cm³/mol. The summed E-state index contributed by atoms with van der Waals surface area (Å²) >= 11 is 1.89. The van der Waals surface area contributed by atoms with Gasteiger partial charge in [0.2, 0.25) is 0 Å². The lowest BCUT2D eigenvalue weighted by molar-refractivity contribution is 0.444. The molecular weight excluding hydrogens is 683 g/mol. The molecule has 2 aliphatic rings. The molecule has 2 heteroatoms. The molecule has 1 heterocycles. The van der Waals surface area contributed by atoms with Crippen LogP contribution in [-0.2, 0) is 5.41 Å². The van der Waals surface area contributed by atoms with Gasteiger partial charge in [0.1, 0.15) is 0 Å². The molecule has 0 aliphatic heterocycles. The lowest BCUT2D eigenvalue weighted by Gasteiger charge is -2.31. The summed E-state index contributed by atoms with van der Waals surface area (Å²) in [5.41, 5.74) is 12.9. The van der Waals surface area contributed by atoms with Crippen molar-refractivity contribution in [2.45, 2.75) is 57.3 Å². The molecule has 0 atom stereocenters. The molecule has 1 fully saturated rings. The fraction of sp³-hybridized carbons (Fsp3) is 0.170. The van der Waals surface area contributed by atoms with E-state index < -0.39 is 0 Å². The van der Waals surface area contributed by atoms with Crippen molar-refractivity contribution in [3.8, 4) is 22.3 Å². The summed E-state index contributed by atoms with van der Waals surface area (Å²) in [7, 11) is 0. The van der Waals surface area contributed by atoms with Crippen molar-refractivity contribution in [1.82, 2.24) is 0 Å². The maximum atomic E-state index is 2.56. The van der Waals surface area contributed by atoms with Crippen molar-refractivity contribution in [2.24, 2.45) is 0 Å². The number of nitrogens with zero attached hydrogens (tertiary/aromatic N) is 1. The Kier molecular flexibility index (Phi) is 7.54. The zero-order valence-corrected chi connectivity index (χ0v) is 32.3. The number of rotatable bonds is 5. The van der Waals surface area contributed by atoms with Crippen LogP contribution in [0.2, 0.25) is 0 Å². The Hall–Kier alpha value is -5.70. The molecule has 0 unspecified atom stereocenters. The molecule has 0 amide bonds. The third kappa shape index (κ3) is 5.26. The average molecular weight is 726 g/mol. The van der Waals surface area contributed by atoms with Crippen molar-refractivity contribution in [2.75, 3.05) is 4.90 Å². The van der Waals surface area contributed by atoms with Crippen molar-refractivity contribution in [3.05, 3.63) is 174 Å². The molecule has 0 spiro atoms. The molecule has 1 nitrogen and oxygen atoms in total. The van der Waals surface area contributed by atoms with Crippen LogP contribution in [-0.4, -0.2) is 0 Å². The van der Waals surface area contributed by atoms with Crippen LogP contribution in [0.25, 0.3) is 64.0 Å². The molecular formula is C53H43NS. The van der Waals surface area contributed by atoms with Gasteiger partial charge in [0.25, 0.3) is 0 Å². The van der Waals surface area contributed by atoms with Crippen LogP contribution in [0.1, 0.15) is 68.6 Å². The van der Waals surface area contributed by atoms with Crippen LogP contribution < -0.4 is 4.90 Å². The van der Waals surface area contributed by atoms with E-state index in [1.165, 1.54) is 130 Å². The fourth-order valence-corrected chi connectivity index (χ4v) is 11.1. The number of fused-ring (bicyclic) bond motifs is 8. The van der Waals surface area contributed by atoms with Gasteiger partial charge in [0.05, 0.1) is 5.69 Å². The van der Waals surface area contributed by atoms with E-state index in [1.54, 1.807) is 0 Å². The first-order valence-electron chi connectivity index (χ1n) is 20.0. The summed E-state index contributed by atoms with van der Waals surface area (Å²) in [4.78, 5) is 2.56. The quantitative estimate of drug-likeness (QED) is 0.171. The summed E-state index contributed by atoms with van der Waals surface area (Å²) in [5, 5.41) is 7.74. The van der Waals surface area contributed by atoms with Crippen molar-refractivity contribution >= 4 is 70.1 Å². The first-order chi connectivity index (χ1) is 27.0. The normalized spacial score (nSPS) is 15.2. The maximum absolute atomic E-state index is 2.56. The molecule has 0 radical (unpaired) electrons. The van der Waals surface area contributed by atoms with E-state index in [1.807, 2.05) is 11.3 Å². The Balaban J connectivity index is 1.15. The van der Waals surface area contributed by atoms with Crippen LogP contribution in [0.15, 0.2) is 158 Å². The Labute approximate surface area is 327 Å². The minimum absolute atomic E-state index is 0.111. The fourth-order valence-electron chi connectivity index (χ4n) is 9.94. The number of benzene rings is 8. The van der Waals surface area contributed by atoms with Gasteiger partial charge in [0, 0.05) is 47.9 Å². The predicted octanol–water partition coefficient (Wildman–Crippen LogP) is 15.9. The van der Waals surface area contributed by atoms with Crippen LogP contribution in [0.5, 0.6) is 0 Å². The van der Waals surface area contributed by atoms with Gasteiger partial charge in [-0.3, -0.25) is 0 Å². The Bertz CT molecular complexity index is 2960. The third-order valence-corrected chi connectivity index (χ3v) is 14.0. The Morgan fingerprint density at radius 1 is 0.491 bits per heavy atom. The number of anilines is 3. The Morgan fingerprint density at radius 2 is 1.16 bits per heavy atom. The average Bonchev–Trinajstić information content (AvgIpc) is 3.72. The second-order valence-corrected chi connectivity index (χ2v) is 17.4. The lowest BCUT2D eigenvalue weighted by Crippen LogP contribution is -2.17. The van der Waals surface area contributed by atoms with Crippen LogP contribution in [0, 0.1) is 0 Å². The van der Waals surface area contributed by atoms with Gasteiger partial charge in [-0.15, -0.1) is 11.3 Å². The van der Waals surface area contributed by atoms with Gasteiger partial charge in [-0.1, -0.05) is 154 Å². The summed E-state index contributed by atoms with van der Waals surface area (Å²) in [6, 6.07) is 60.0. The van der Waals surface area contributed by atoms with Gasteiger partial charge in [0.15, 0.2) is 0 Å². The van der Waals surface area contributed by atoms with E-state index in [4.69, 9.17) is 0 Å². The van der Waals surface area contributed by atoms with Crippen molar-refractivity contribution < 1.29 is 0 Å². The highest BCUT2D eigenvalue weighted by molar-refractivity contribution is 7.25. The van der Waals surface area contributed by atoms with E-state index in [-0.39, 0.29) is 5.41 Å². The third-order valence-electron chi connectivity index (χ3n) is 12.8. The molecule has 0 N–H and O–H groups in total. The molecule has 11 rings (SSSR count). The molecule has 9 aromatic rings. The second kappa shape index (κ2) is 12.7. The lowest BCUT2D eigenvalue weighted by atomic mass is 9.82. The number of thiophene rings is 1. The first-order valence-corrected chi connectivity index (χ1v) is 20.8.